The summed E-state index contributed by atoms with van der Waals surface area (Å²) in [5, 5.41) is 8.51. The normalized spacial score (nSPS) is 9.85. The minimum Gasteiger partial charge on any atom is -0.501 e. The molecule has 0 aromatic carbocycles. The highest BCUT2D eigenvalue weighted by Crippen LogP contribution is 2.00. The number of hydrogen-bond acceptors (Lipinski definition) is 3. The van der Waals surface area contributed by atoms with Crippen LogP contribution < -0.4 is 0 Å². The summed E-state index contributed by atoms with van der Waals surface area (Å²) in [6.07, 6.45) is 4.88. The van der Waals surface area contributed by atoms with E-state index in [-0.39, 0.29) is 0 Å². The first-order valence-corrected chi connectivity index (χ1v) is 4.01. The topological polar surface area (TPSA) is 45.9 Å². The summed E-state index contributed by atoms with van der Waals surface area (Å²) in [7, 11) is 0. The van der Waals surface area contributed by atoms with Crippen molar-refractivity contribution < 1.29 is 4.74 Å². The van der Waals surface area contributed by atoms with E-state index in [0.29, 0.717) is 12.2 Å². The van der Waals surface area contributed by atoms with Crippen molar-refractivity contribution in [3.63, 3.8) is 0 Å². The number of ether oxygens (including phenoxy) is 1. The molecule has 0 bridgehead atoms. The van der Waals surface area contributed by atoms with Crippen LogP contribution >= 0.6 is 0 Å². The average Bonchev–Trinajstić information content (AvgIpc) is 2.19. The van der Waals surface area contributed by atoms with E-state index in [0.717, 1.165) is 5.69 Å². The summed E-state index contributed by atoms with van der Waals surface area (Å²) in [5.41, 5.74) is 1.35. The van der Waals surface area contributed by atoms with Gasteiger partial charge in [0, 0.05) is 6.20 Å². The van der Waals surface area contributed by atoms with Gasteiger partial charge in [-0.1, -0.05) is 0 Å². The minimum atomic E-state index is 0.563. The molecule has 0 saturated carbocycles. The molecule has 1 heterocycles. The predicted molar refractivity (Wildman–Crippen MR) is 49.6 cm³/mol. The first-order valence-electron chi connectivity index (χ1n) is 4.01. The second kappa shape index (κ2) is 4.94. The van der Waals surface area contributed by atoms with E-state index in [4.69, 9.17) is 10.00 Å². The van der Waals surface area contributed by atoms with E-state index in [1.807, 2.05) is 13.0 Å². The third-order valence-electron chi connectivity index (χ3n) is 1.42. The van der Waals surface area contributed by atoms with Gasteiger partial charge in [-0.25, -0.2) is 0 Å². The molecule has 0 radical (unpaired) electrons. The van der Waals surface area contributed by atoms with Gasteiger partial charge in [-0.2, -0.15) is 5.26 Å². The molecule has 0 aliphatic heterocycles. The third-order valence-corrected chi connectivity index (χ3v) is 1.42. The van der Waals surface area contributed by atoms with Crippen LogP contribution in [0.2, 0.25) is 0 Å². The van der Waals surface area contributed by atoms with Gasteiger partial charge < -0.3 is 4.74 Å². The van der Waals surface area contributed by atoms with E-state index in [2.05, 4.69) is 4.98 Å². The van der Waals surface area contributed by atoms with Gasteiger partial charge in [0.25, 0.3) is 0 Å². The molecule has 1 rings (SSSR count). The molecule has 0 unspecified atom stereocenters. The zero-order chi connectivity index (χ0) is 9.52. The molecule has 0 amide bonds. The maximum Gasteiger partial charge on any atom is 0.101 e. The van der Waals surface area contributed by atoms with Gasteiger partial charge in [0.15, 0.2) is 0 Å². The van der Waals surface area contributed by atoms with Crippen molar-refractivity contribution in [2.45, 2.75) is 6.92 Å². The molecule has 0 aliphatic carbocycles. The van der Waals surface area contributed by atoms with Crippen LogP contribution in [0.5, 0.6) is 0 Å². The Balaban J connectivity index is 2.65. The number of pyridine rings is 1. The smallest absolute Gasteiger partial charge is 0.101 e. The molecule has 0 fully saturated rings. The van der Waals surface area contributed by atoms with Crippen molar-refractivity contribution in [2.24, 2.45) is 0 Å². The Kier molecular flexibility index (Phi) is 3.52. The van der Waals surface area contributed by atoms with Gasteiger partial charge in [-0.05, 0) is 25.1 Å². The average molecular weight is 174 g/mol. The van der Waals surface area contributed by atoms with E-state index < -0.39 is 0 Å². The summed E-state index contributed by atoms with van der Waals surface area (Å²) >= 11 is 0. The monoisotopic (exact) mass is 174 g/mol. The molecule has 0 saturated heterocycles. The first kappa shape index (κ1) is 9.27. The van der Waals surface area contributed by atoms with Crippen LogP contribution in [0.1, 0.15) is 18.2 Å². The Morgan fingerprint density at radius 2 is 2.46 bits per heavy atom. The SMILES string of the molecule is CCOC=Cc1ccc(C#N)cn1. The van der Waals surface area contributed by atoms with Gasteiger partial charge in [-0.15, -0.1) is 0 Å². The van der Waals surface area contributed by atoms with E-state index in [1.54, 1.807) is 24.5 Å². The Morgan fingerprint density at radius 3 is 3.00 bits per heavy atom. The minimum absolute atomic E-state index is 0.563. The molecule has 1 aromatic rings. The zero-order valence-corrected chi connectivity index (χ0v) is 7.40. The Hall–Kier alpha value is -1.82. The van der Waals surface area contributed by atoms with Crippen LogP contribution in [0.3, 0.4) is 0 Å². The Morgan fingerprint density at radius 1 is 1.62 bits per heavy atom. The standard InChI is InChI=1S/C10H10N2O/c1-2-13-6-5-10-4-3-9(7-11)8-12-10/h3-6,8H,2H2,1H3. The molecule has 13 heavy (non-hydrogen) atoms. The molecule has 0 spiro atoms. The Labute approximate surface area is 77.3 Å². The van der Waals surface area contributed by atoms with E-state index >= 15 is 0 Å². The van der Waals surface area contributed by atoms with Crippen LogP contribution in [0.15, 0.2) is 24.6 Å². The van der Waals surface area contributed by atoms with Crippen LogP contribution in [0.25, 0.3) is 6.08 Å². The van der Waals surface area contributed by atoms with Crippen molar-refractivity contribution in [1.29, 1.82) is 5.26 Å². The van der Waals surface area contributed by atoms with Crippen molar-refractivity contribution in [3.05, 3.63) is 35.8 Å². The van der Waals surface area contributed by atoms with Crippen molar-refractivity contribution in [3.8, 4) is 6.07 Å². The lowest BCUT2D eigenvalue weighted by molar-refractivity contribution is 0.272. The largest absolute Gasteiger partial charge is 0.501 e. The summed E-state index contributed by atoms with van der Waals surface area (Å²) in [6, 6.07) is 5.50. The maximum atomic E-state index is 8.51. The number of nitrogens with zero attached hydrogens (tertiary/aromatic N) is 2. The van der Waals surface area contributed by atoms with Gasteiger partial charge in [-0.3, -0.25) is 4.98 Å². The maximum absolute atomic E-state index is 8.51. The predicted octanol–water partition coefficient (Wildman–Crippen LogP) is 1.96. The highest BCUT2D eigenvalue weighted by Gasteiger charge is 1.90. The number of aromatic nitrogens is 1. The number of nitriles is 1. The fraction of sp³-hybridized carbons (Fsp3) is 0.200. The van der Waals surface area contributed by atoms with E-state index in [9.17, 15) is 0 Å². The second-order valence-corrected chi connectivity index (χ2v) is 2.34. The summed E-state index contributed by atoms with van der Waals surface area (Å²) in [5.74, 6) is 0. The lowest BCUT2D eigenvalue weighted by Gasteiger charge is -1.93. The molecular weight excluding hydrogens is 164 g/mol. The second-order valence-electron chi connectivity index (χ2n) is 2.34. The quantitative estimate of drug-likeness (QED) is 0.658. The highest BCUT2D eigenvalue weighted by molar-refractivity contribution is 5.44. The molecule has 0 aliphatic rings. The van der Waals surface area contributed by atoms with Crippen molar-refractivity contribution >= 4 is 6.08 Å². The molecule has 66 valence electrons. The zero-order valence-electron chi connectivity index (χ0n) is 7.40. The fourth-order valence-electron chi connectivity index (χ4n) is 0.784. The lowest BCUT2D eigenvalue weighted by Crippen LogP contribution is -1.83. The molecule has 1 aromatic heterocycles. The van der Waals surface area contributed by atoms with Gasteiger partial charge in [0.05, 0.1) is 24.1 Å². The fourth-order valence-corrected chi connectivity index (χ4v) is 0.784. The molecule has 3 nitrogen and oxygen atoms in total. The number of hydrogen-bond donors (Lipinski definition) is 0. The Bertz CT molecular complexity index is 322. The first-order chi connectivity index (χ1) is 6.36. The molecule has 0 atom stereocenters. The van der Waals surface area contributed by atoms with E-state index in [1.165, 1.54) is 6.20 Å². The van der Waals surface area contributed by atoms with Crippen molar-refractivity contribution in [1.82, 2.24) is 4.98 Å². The lowest BCUT2D eigenvalue weighted by atomic mass is 10.3. The summed E-state index contributed by atoms with van der Waals surface area (Å²) in [4.78, 5) is 4.03. The molecular formula is C10H10N2O. The molecule has 3 heteroatoms. The summed E-state index contributed by atoms with van der Waals surface area (Å²) < 4.78 is 5.01. The third kappa shape index (κ3) is 2.96. The van der Waals surface area contributed by atoms with Gasteiger partial charge in [0.2, 0.25) is 0 Å². The van der Waals surface area contributed by atoms with Crippen molar-refractivity contribution in [2.75, 3.05) is 6.61 Å². The number of rotatable bonds is 3. The van der Waals surface area contributed by atoms with Crippen LogP contribution in [-0.2, 0) is 4.74 Å². The van der Waals surface area contributed by atoms with Crippen LogP contribution in [-0.4, -0.2) is 11.6 Å². The van der Waals surface area contributed by atoms with Gasteiger partial charge in [0.1, 0.15) is 6.07 Å². The highest BCUT2D eigenvalue weighted by atomic mass is 16.5. The van der Waals surface area contributed by atoms with Crippen LogP contribution in [0, 0.1) is 11.3 Å². The van der Waals surface area contributed by atoms with Gasteiger partial charge >= 0.3 is 0 Å². The van der Waals surface area contributed by atoms with Crippen LogP contribution in [0.4, 0.5) is 0 Å². The molecule has 0 N–H and O–H groups in total. The summed E-state index contributed by atoms with van der Waals surface area (Å²) in [6.45, 7) is 2.56.